The summed E-state index contributed by atoms with van der Waals surface area (Å²) in [6.07, 6.45) is 0.230. The van der Waals surface area contributed by atoms with Gasteiger partial charge >= 0.3 is 0 Å². The maximum atomic E-state index is 13.0. The Morgan fingerprint density at radius 3 is 1.97 bits per heavy atom. The molecule has 0 aromatic heterocycles. The Morgan fingerprint density at radius 2 is 1.39 bits per heavy atom. The number of rotatable bonds is 7. The quantitative estimate of drug-likeness (QED) is 0.567. The number of nitrogens with one attached hydrogen (secondary N) is 1. The lowest BCUT2D eigenvalue weighted by molar-refractivity contribution is -0.118. The van der Waals surface area contributed by atoms with E-state index in [0.717, 1.165) is 11.3 Å². The minimum Gasteiger partial charge on any atom is -0.352 e. The molecule has 3 aromatic rings. The van der Waals surface area contributed by atoms with Crippen molar-refractivity contribution < 1.29 is 9.59 Å². The van der Waals surface area contributed by atoms with Crippen molar-refractivity contribution in [2.75, 3.05) is 11.4 Å². The first-order valence-electron chi connectivity index (χ1n) is 10.6. The fourth-order valence-electron chi connectivity index (χ4n) is 3.34. The van der Waals surface area contributed by atoms with Crippen molar-refractivity contribution in [1.82, 2.24) is 5.32 Å². The number of carbonyl (C=O) groups is 2. The largest absolute Gasteiger partial charge is 0.352 e. The zero-order valence-electron chi connectivity index (χ0n) is 18.5. The zero-order chi connectivity index (χ0) is 22.3. The predicted octanol–water partition coefficient (Wildman–Crippen LogP) is 5.34. The Hall–Kier alpha value is -3.40. The number of hydrogen-bond acceptors (Lipinski definition) is 2. The molecule has 0 unspecified atom stereocenters. The molecule has 0 aliphatic rings. The first-order valence-corrected chi connectivity index (χ1v) is 10.6. The SMILES string of the molecule is CC(C)(C)c1ccc(C(=O)NCCC(=O)N(Cc2ccccc2)c2ccccc2)cc1. The third kappa shape index (κ3) is 6.29. The fourth-order valence-corrected chi connectivity index (χ4v) is 3.34. The number of carbonyl (C=O) groups excluding carboxylic acids is 2. The highest BCUT2D eigenvalue weighted by atomic mass is 16.2. The molecule has 0 fully saturated rings. The molecule has 4 heteroatoms. The Bertz CT molecular complexity index is 991. The lowest BCUT2D eigenvalue weighted by Crippen LogP contribution is -2.34. The van der Waals surface area contributed by atoms with Crippen LogP contribution in [0.3, 0.4) is 0 Å². The minimum absolute atomic E-state index is 0.0292. The van der Waals surface area contributed by atoms with Crippen LogP contribution in [-0.4, -0.2) is 18.4 Å². The monoisotopic (exact) mass is 414 g/mol. The van der Waals surface area contributed by atoms with E-state index in [4.69, 9.17) is 0 Å². The van der Waals surface area contributed by atoms with Gasteiger partial charge < -0.3 is 10.2 Å². The molecule has 1 N–H and O–H groups in total. The summed E-state index contributed by atoms with van der Waals surface area (Å²) in [5, 5.41) is 2.87. The molecular weight excluding hydrogens is 384 g/mol. The lowest BCUT2D eigenvalue weighted by atomic mass is 9.87. The van der Waals surface area contributed by atoms with E-state index in [1.165, 1.54) is 5.56 Å². The topological polar surface area (TPSA) is 49.4 Å². The average molecular weight is 415 g/mol. The van der Waals surface area contributed by atoms with Gasteiger partial charge in [-0.25, -0.2) is 0 Å². The van der Waals surface area contributed by atoms with Crippen LogP contribution < -0.4 is 10.2 Å². The van der Waals surface area contributed by atoms with Gasteiger partial charge in [0.1, 0.15) is 0 Å². The van der Waals surface area contributed by atoms with E-state index in [0.29, 0.717) is 12.1 Å². The van der Waals surface area contributed by atoms with Gasteiger partial charge in [-0.3, -0.25) is 9.59 Å². The van der Waals surface area contributed by atoms with Crippen LogP contribution in [-0.2, 0) is 16.8 Å². The van der Waals surface area contributed by atoms with Gasteiger partial charge in [0.05, 0.1) is 6.54 Å². The van der Waals surface area contributed by atoms with Gasteiger partial charge in [0.2, 0.25) is 5.91 Å². The summed E-state index contributed by atoms with van der Waals surface area (Å²) < 4.78 is 0. The van der Waals surface area contributed by atoms with Crippen LogP contribution in [0.15, 0.2) is 84.9 Å². The summed E-state index contributed by atoms with van der Waals surface area (Å²) in [7, 11) is 0. The van der Waals surface area contributed by atoms with Crippen LogP contribution in [0.4, 0.5) is 5.69 Å². The molecule has 3 rings (SSSR count). The second kappa shape index (κ2) is 10.1. The third-order valence-corrected chi connectivity index (χ3v) is 5.19. The van der Waals surface area contributed by atoms with Gasteiger partial charge in [-0.15, -0.1) is 0 Å². The van der Waals surface area contributed by atoms with Gasteiger partial charge in [-0.05, 0) is 40.8 Å². The number of nitrogens with zero attached hydrogens (tertiary/aromatic N) is 1. The summed E-state index contributed by atoms with van der Waals surface area (Å²) in [6, 6.07) is 27.2. The first kappa shape index (κ1) is 22.3. The standard InChI is InChI=1S/C27H30N2O2/c1-27(2,3)23-16-14-22(15-17-23)26(31)28-19-18-25(30)29(24-12-8-5-9-13-24)20-21-10-6-4-7-11-21/h4-17H,18-20H2,1-3H3,(H,28,31). The Morgan fingerprint density at radius 1 is 0.806 bits per heavy atom. The Kier molecular flexibility index (Phi) is 7.24. The summed E-state index contributed by atoms with van der Waals surface area (Å²) in [5.74, 6) is -0.194. The molecule has 160 valence electrons. The van der Waals surface area contributed by atoms with Gasteiger partial charge in [0.25, 0.3) is 5.91 Å². The van der Waals surface area contributed by atoms with E-state index in [1.54, 1.807) is 4.90 Å². The van der Waals surface area contributed by atoms with Crippen molar-refractivity contribution in [3.05, 3.63) is 102 Å². The molecule has 0 atom stereocenters. The summed E-state index contributed by atoms with van der Waals surface area (Å²) in [5.41, 5.74) is 3.73. The molecule has 3 aromatic carbocycles. The minimum atomic E-state index is -0.164. The van der Waals surface area contributed by atoms with E-state index in [-0.39, 0.29) is 30.2 Å². The van der Waals surface area contributed by atoms with Crippen molar-refractivity contribution in [2.24, 2.45) is 0 Å². The smallest absolute Gasteiger partial charge is 0.251 e. The lowest BCUT2D eigenvalue weighted by Gasteiger charge is -2.23. The van der Waals surface area contributed by atoms with Crippen LogP contribution in [0.2, 0.25) is 0 Å². The van der Waals surface area contributed by atoms with E-state index >= 15 is 0 Å². The van der Waals surface area contributed by atoms with E-state index in [2.05, 4.69) is 26.1 Å². The van der Waals surface area contributed by atoms with Gasteiger partial charge in [-0.1, -0.05) is 81.4 Å². The maximum absolute atomic E-state index is 13.0. The van der Waals surface area contributed by atoms with Crippen LogP contribution in [0, 0.1) is 0 Å². The summed E-state index contributed by atoms with van der Waals surface area (Å²) in [6.45, 7) is 7.20. The van der Waals surface area contributed by atoms with Crippen LogP contribution in [0.25, 0.3) is 0 Å². The van der Waals surface area contributed by atoms with Crippen molar-refractivity contribution in [3.8, 4) is 0 Å². The Balaban J connectivity index is 1.61. The summed E-state index contributed by atoms with van der Waals surface area (Å²) >= 11 is 0. The van der Waals surface area contributed by atoms with E-state index in [1.807, 2.05) is 84.9 Å². The zero-order valence-corrected chi connectivity index (χ0v) is 18.5. The number of hydrogen-bond donors (Lipinski definition) is 1. The van der Waals surface area contributed by atoms with Crippen molar-refractivity contribution in [3.63, 3.8) is 0 Å². The van der Waals surface area contributed by atoms with Crippen LogP contribution in [0.1, 0.15) is 48.7 Å². The molecule has 4 nitrogen and oxygen atoms in total. The molecule has 0 saturated carbocycles. The highest BCUT2D eigenvalue weighted by molar-refractivity contribution is 5.96. The maximum Gasteiger partial charge on any atom is 0.251 e. The number of anilines is 1. The molecule has 0 radical (unpaired) electrons. The van der Waals surface area contributed by atoms with Gasteiger partial charge in [-0.2, -0.15) is 0 Å². The van der Waals surface area contributed by atoms with Gasteiger partial charge in [0.15, 0.2) is 0 Å². The predicted molar refractivity (Wildman–Crippen MR) is 126 cm³/mol. The number of amides is 2. The van der Waals surface area contributed by atoms with Crippen LogP contribution >= 0.6 is 0 Å². The molecule has 0 spiro atoms. The third-order valence-electron chi connectivity index (χ3n) is 5.19. The molecule has 0 aliphatic carbocycles. The van der Waals surface area contributed by atoms with E-state index < -0.39 is 0 Å². The number of benzene rings is 3. The molecule has 2 amide bonds. The van der Waals surface area contributed by atoms with E-state index in [9.17, 15) is 9.59 Å². The molecule has 0 bridgehead atoms. The highest BCUT2D eigenvalue weighted by Crippen LogP contribution is 2.22. The second-order valence-corrected chi connectivity index (χ2v) is 8.63. The number of para-hydroxylation sites is 1. The molecule has 0 saturated heterocycles. The molecule has 31 heavy (non-hydrogen) atoms. The first-order chi connectivity index (χ1) is 14.8. The summed E-state index contributed by atoms with van der Waals surface area (Å²) in [4.78, 5) is 27.2. The molecular formula is C27H30N2O2. The van der Waals surface area contributed by atoms with Crippen molar-refractivity contribution >= 4 is 17.5 Å². The molecule has 0 heterocycles. The van der Waals surface area contributed by atoms with Crippen molar-refractivity contribution in [1.29, 1.82) is 0 Å². The highest BCUT2D eigenvalue weighted by Gasteiger charge is 2.17. The fraction of sp³-hybridized carbons (Fsp3) is 0.259. The molecule has 0 aliphatic heterocycles. The average Bonchev–Trinajstić information content (AvgIpc) is 2.78. The Labute approximate surface area is 184 Å². The second-order valence-electron chi connectivity index (χ2n) is 8.63. The van der Waals surface area contributed by atoms with Gasteiger partial charge in [0, 0.05) is 24.2 Å². The van der Waals surface area contributed by atoms with Crippen LogP contribution in [0.5, 0.6) is 0 Å². The normalized spacial score (nSPS) is 11.1. The van der Waals surface area contributed by atoms with Crippen molar-refractivity contribution in [2.45, 2.75) is 39.2 Å².